The first-order valence-electron chi connectivity index (χ1n) is 9.41. The van der Waals surface area contributed by atoms with Crippen LogP contribution in [0.1, 0.15) is 31.2 Å². The van der Waals surface area contributed by atoms with Gasteiger partial charge in [-0.2, -0.15) is 0 Å². The predicted octanol–water partition coefficient (Wildman–Crippen LogP) is 3.59. The van der Waals surface area contributed by atoms with Crippen LogP contribution in [0.3, 0.4) is 0 Å². The Morgan fingerprint density at radius 2 is 1.79 bits per heavy atom. The molecule has 148 valence electrons. The van der Waals surface area contributed by atoms with Gasteiger partial charge in [0.25, 0.3) is 0 Å². The third-order valence-electron chi connectivity index (χ3n) is 4.50. The Bertz CT molecular complexity index is 805. The Balaban J connectivity index is 1.36. The van der Waals surface area contributed by atoms with Crippen LogP contribution in [0.2, 0.25) is 0 Å². The Hall–Kier alpha value is -3.09. The molecule has 0 saturated heterocycles. The molecule has 3 rings (SSSR count). The van der Waals surface area contributed by atoms with Crippen LogP contribution in [0.25, 0.3) is 0 Å². The van der Waals surface area contributed by atoms with E-state index < -0.39 is 17.8 Å². The van der Waals surface area contributed by atoms with Gasteiger partial charge >= 0.3 is 6.03 Å². The lowest BCUT2D eigenvalue weighted by molar-refractivity contribution is -0.115. The van der Waals surface area contributed by atoms with Crippen LogP contribution in [-0.4, -0.2) is 24.6 Å². The van der Waals surface area contributed by atoms with Crippen molar-refractivity contribution < 1.29 is 18.7 Å². The molecule has 1 aliphatic carbocycles. The van der Waals surface area contributed by atoms with Crippen LogP contribution in [0.5, 0.6) is 5.75 Å². The summed E-state index contributed by atoms with van der Waals surface area (Å²) in [7, 11) is 0. The fraction of sp³-hybridized carbons (Fsp3) is 0.333. The molecule has 3 amide bonds. The van der Waals surface area contributed by atoms with E-state index in [0.29, 0.717) is 18.3 Å². The van der Waals surface area contributed by atoms with Crippen LogP contribution in [0.15, 0.2) is 48.5 Å². The van der Waals surface area contributed by atoms with Crippen LogP contribution < -0.4 is 20.7 Å². The summed E-state index contributed by atoms with van der Waals surface area (Å²) in [5, 5.41) is 7.67. The zero-order valence-corrected chi connectivity index (χ0v) is 15.5. The second-order valence-corrected chi connectivity index (χ2v) is 6.76. The number of ether oxygens (including phenoxy) is 1. The Morgan fingerprint density at radius 3 is 2.50 bits per heavy atom. The minimum Gasteiger partial charge on any atom is -0.490 e. The van der Waals surface area contributed by atoms with Gasteiger partial charge in [-0.15, -0.1) is 0 Å². The van der Waals surface area contributed by atoms with Gasteiger partial charge < -0.3 is 20.7 Å². The van der Waals surface area contributed by atoms with E-state index in [2.05, 4.69) is 16.0 Å². The molecule has 7 heteroatoms. The van der Waals surface area contributed by atoms with Crippen molar-refractivity contribution in [3.8, 4) is 5.75 Å². The van der Waals surface area contributed by atoms with E-state index in [4.69, 9.17) is 4.74 Å². The summed E-state index contributed by atoms with van der Waals surface area (Å²) in [6.07, 6.45) is 4.98. The van der Waals surface area contributed by atoms with Gasteiger partial charge in [0.2, 0.25) is 5.91 Å². The Morgan fingerprint density at radius 1 is 1.04 bits per heavy atom. The number of urea groups is 1. The quantitative estimate of drug-likeness (QED) is 0.682. The van der Waals surface area contributed by atoms with Gasteiger partial charge in [-0.05, 0) is 61.6 Å². The smallest absolute Gasteiger partial charge is 0.315 e. The molecule has 28 heavy (non-hydrogen) atoms. The molecule has 0 aromatic heterocycles. The molecule has 0 radical (unpaired) electrons. The van der Waals surface area contributed by atoms with Crippen molar-refractivity contribution >= 4 is 17.6 Å². The highest BCUT2D eigenvalue weighted by molar-refractivity contribution is 5.94. The van der Waals surface area contributed by atoms with Gasteiger partial charge in [0.05, 0.1) is 12.6 Å². The number of carbonyl (C=O) groups is 2. The molecular formula is C21H24FN3O3. The summed E-state index contributed by atoms with van der Waals surface area (Å²) < 4.78 is 19.0. The number of carbonyl (C=O) groups excluding carboxylic acids is 2. The second-order valence-electron chi connectivity index (χ2n) is 6.76. The predicted molar refractivity (Wildman–Crippen MR) is 105 cm³/mol. The monoisotopic (exact) mass is 385 g/mol. The van der Waals surface area contributed by atoms with E-state index in [1.165, 1.54) is 31.0 Å². The molecule has 1 saturated carbocycles. The minimum atomic E-state index is -0.458. The van der Waals surface area contributed by atoms with E-state index in [1.54, 1.807) is 6.07 Å². The average Bonchev–Trinajstić information content (AvgIpc) is 3.19. The van der Waals surface area contributed by atoms with Crippen LogP contribution in [-0.2, 0) is 11.3 Å². The van der Waals surface area contributed by atoms with Gasteiger partial charge in [-0.1, -0.05) is 18.2 Å². The number of amides is 3. The van der Waals surface area contributed by atoms with Gasteiger partial charge in [0, 0.05) is 12.2 Å². The lowest BCUT2D eigenvalue weighted by Crippen LogP contribution is -2.39. The maximum atomic E-state index is 13.1. The third kappa shape index (κ3) is 6.26. The van der Waals surface area contributed by atoms with E-state index >= 15 is 0 Å². The topological polar surface area (TPSA) is 79.5 Å². The molecule has 2 aromatic rings. The fourth-order valence-corrected chi connectivity index (χ4v) is 3.06. The molecule has 1 aliphatic rings. The number of halogens is 1. The molecule has 0 bridgehead atoms. The van der Waals surface area contributed by atoms with Crippen LogP contribution in [0.4, 0.5) is 14.9 Å². The van der Waals surface area contributed by atoms with E-state index in [9.17, 15) is 14.0 Å². The number of rotatable bonds is 7. The summed E-state index contributed by atoms with van der Waals surface area (Å²) in [6.45, 7) is 0.123. The first kappa shape index (κ1) is 19.7. The fourth-order valence-electron chi connectivity index (χ4n) is 3.06. The number of nitrogens with one attached hydrogen (secondary N) is 3. The summed E-state index contributed by atoms with van der Waals surface area (Å²) in [5.41, 5.74) is 1.27. The summed E-state index contributed by atoms with van der Waals surface area (Å²) in [4.78, 5) is 23.6. The average molecular weight is 385 g/mol. The third-order valence-corrected chi connectivity index (χ3v) is 4.50. The minimum absolute atomic E-state index is 0.212. The van der Waals surface area contributed by atoms with Crippen molar-refractivity contribution in [1.29, 1.82) is 0 Å². The van der Waals surface area contributed by atoms with E-state index in [-0.39, 0.29) is 6.54 Å². The summed E-state index contributed by atoms with van der Waals surface area (Å²) >= 11 is 0. The highest BCUT2D eigenvalue weighted by Gasteiger charge is 2.16. The molecule has 0 aliphatic heterocycles. The first-order valence-corrected chi connectivity index (χ1v) is 9.41. The molecule has 6 nitrogen and oxygen atoms in total. The number of benzene rings is 2. The molecule has 0 atom stereocenters. The van der Waals surface area contributed by atoms with E-state index in [0.717, 1.165) is 24.2 Å². The molecule has 0 heterocycles. The van der Waals surface area contributed by atoms with Gasteiger partial charge in [-0.25, -0.2) is 9.18 Å². The normalized spacial score (nSPS) is 13.8. The highest BCUT2D eigenvalue weighted by atomic mass is 19.1. The lowest BCUT2D eigenvalue weighted by Gasteiger charge is -2.13. The lowest BCUT2D eigenvalue weighted by atomic mass is 10.2. The molecule has 1 fully saturated rings. The van der Waals surface area contributed by atoms with Crippen LogP contribution >= 0.6 is 0 Å². The standard InChI is InChI=1S/C21H24FN3O3/c22-16-4-3-5-17(12-16)25-20(26)14-24-21(27)23-13-15-8-10-19(11-9-15)28-18-6-1-2-7-18/h3-5,8-12,18H,1-2,6-7,13-14H2,(H,25,26)(H2,23,24,27). The Kier molecular flexibility index (Phi) is 6.84. The van der Waals surface area contributed by atoms with Crippen LogP contribution in [0, 0.1) is 5.82 Å². The summed E-state index contributed by atoms with van der Waals surface area (Å²) in [5.74, 6) is -0.0357. The van der Waals surface area contributed by atoms with Crippen molar-refractivity contribution in [2.45, 2.75) is 38.3 Å². The van der Waals surface area contributed by atoms with Gasteiger partial charge in [0.1, 0.15) is 11.6 Å². The molecular weight excluding hydrogens is 361 g/mol. The largest absolute Gasteiger partial charge is 0.490 e. The van der Waals surface area contributed by atoms with Crippen molar-refractivity contribution in [3.63, 3.8) is 0 Å². The first-order chi connectivity index (χ1) is 13.6. The number of anilines is 1. The van der Waals surface area contributed by atoms with Crippen molar-refractivity contribution in [3.05, 3.63) is 59.9 Å². The number of hydrogen-bond donors (Lipinski definition) is 3. The summed E-state index contributed by atoms with van der Waals surface area (Å²) in [6, 6.07) is 12.7. The molecule has 0 unspecified atom stereocenters. The SMILES string of the molecule is O=C(CNC(=O)NCc1ccc(OC2CCCC2)cc1)Nc1cccc(F)c1. The van der Waals surface area contributed by atoms with Gasteiger partial charge in [-0.3, -0.25) is 4.79 Å². The van der Waals surface area contributed by atoms with Crippen molar-refractivity contribution in [2.75, 3.05) is 11.9 Å². The molecule has 2 aromatic carbocycles. The van der Waals surface area contributed by atoms with Gasteiger partial charge in [0.15, 0.2) is 0 Å². The molecule has 0 spiro atoms. The van der Waals surface area contributed by atoms with Crippen molar-refractivity contribution in [1.82, 2.24) is 10.6 Å². The zero-order chi connectivity index (χ0) is 19.8. The number of hydrogen-bond acceptors (Lipinski definition) is 3. The second kappa shape index (κ2) is 9.73. The highest BCUT2D eigenvalue weighted by Crippen LogP contribution is 2.24. The van der Waals surface area contributed by atoms with E-state index in [1.807, 2.05) is 24.3 Å². The van der Waals surface area contributed by atoms with Crippen molar-refractivity contribution in [2.24, 2.45) is 0 Å². The maximum Gasteiger partial charge on any atom is 0.315 e. The molecule has 3 N–H and O–H groups in total. The zero-order valence-electron chi connectivity index (χ0n) is 15.5. The Labute approximate surface area is 163 Å². The maximum absolute atomic E-state index is 13.1.